The molecule has 0 aliphatic rings. The van der Waals surface area contributed by atoms with E-state index < -0.39 is 30.2 Å². The molecule has 2 aromatic rings. The molecule has 8 heteroatoms. The van der Waals surface area contributed by atoms with Gasteiger partial charge in [0.2, 0.25) is 5.91 Å². The van der Waals surface area contributed by atoms with Crippen molar-refractivity contribution in [2.24, 2.45) is 11.1 Å². The van der Waals surface area contributed by atoms with Gasteiger partial charge in [-0.05, 0) is 78.8 Å². The molecular formula is C32H46N2O6. The lowest BCUT2D eigenvalue weighted by atomic mass is 9.69. The van der Waals surface area contributed by atoms with E-state index >= 15 is 0 Å². The molecule has 0 aromatic heterocycles. The standard InChI is InChI=1S/C32H46N2O6/c1-8-32(9-2,23-12-10-22(20(3)16-23)11-15-27(35)31(5,6)7)24-13-14-26(21(4)17-24)40-19-29(37)34-25(30(38)39)18-28(33)36/h10,12-14,16-17,25,27,35H,8-9,11,15,18-19H2,1-7H3,(H2,33,36)(H,34,37)(H,38,39)/t25-,27?/m0/s1. The number of benzene rings is 2. The van der Waals surface area contributed by atoms with Gasteiger partial charge >= 0.3 is 5.97 Å². The van der Waals surface area contributed by atoms with Gasteiger partial charge in [0.05, 0.1) is 12.5 Å². The smallest absolute Gasteiger partial charge is 0.326 e. The molecule has 5 N–H and O–H groups in total. The Bertz CT molecular complexity index is 1200. The minimum atomic E-state index is -1.40. The van der Waals surface area contributed by atoms with E-state index in [1.165, 1.54) is 16.7 Å². The molecule has 0 fully saturated rings. The Labute approximate surface area is 238 Å². The third-order valence-corrected chi connectivity index (χ3v) is 7.91. The summed E-state index contributed by atoms with van der Waals surface area (Å²) in [5.41, 5.74) is 10.4. The van der Waals surface area contributed by atoms with Crippen molar-refractivity contribution in [3.8, 4) is 5.75 Å². The fourth-order valence-electron chi connectivity index (χ4n) is 5.12. The maximum atomic E-state index is 12.3. The predicted octanol–water partition coefficient (Wildman–Crippen LogP) is 4.57. The molecule has 220 valence electrons. The van der Waals surface area contributed by atoms with Crippen LogP contribution in [-0.2, 0) is 26.2 Å². The number of aliphatic hydroxyl groups is 1. The van der Waals surface area contributed by atoms with E-state index in [9.17, 15) is 24.6 Å². The molecular weight excluding hydrogens is 508 g/mol. The van der Waals surface area contributed by atoms with Gasteiger partial charge in [-0.25, -0.2) is 4.79 Å². The van der Waals surface area contributed by atoms with Crippen LogP contribution in [0.1, 0.15) is 88.1 Å². The zero-order valence-corrected chi connectivity index (χ0v) is 25.0. The number of hydrogen-bond acceptors (Lipinski definition) is 5. The van der Waals surface area contributed by atoms with Gasteiger partial charge < -0.3 is 26.0 Å². The first kappa shape index (κ1) is 32.8. The highest BCUT2D eigenvalue weighted by Gasteiger charge is 2.32. The van der Waals surface area contributed by atoms with Crippen LogP contribution in [0.2, 0.25) is 0 Å². The normalized spacial score (nSPS) is 13.4. The maximum Gasteiger partial charge on any atom is 0.326 e. The van der Waals surface area contributed by atoms with Crippen LogP contribution in [0, 0.1) is 19.3 Å². The molecule has 2 amide bonds. The van der Waals surface area contributed by atoms with Crippen LogP contribution in [0.15, 0.2) is 36.4 Å². The lowest BCUT2D eigenvalue weighted by molar-refractivity contribution is -0.143. The Morgan fingerprint density at radius 1 is 0.975 bits per heavy atom. The van der Waals surface area contributed by atoms with Gasteiger partial charge in [-0.1, -0.05) is 65.0 Å². The van der Waals surface area contributed by atoms with Gasteiger partial charge in [0.15, 0.2) is 6.61 Å². The van der Waals surface area contributed by atoms with E-state index in [1.807, 2.05) is 19.1 Å². The third-order valence-electron chi connectivity index (χ3n) is 7.91. The number of amides is 2. The number of carboxylic acids is 1. The number of carboxylic acid groups (broad SMARTS) is 1. The number of ether oxygens (including phenoxy) is 1. The molecule has 2 rings (SSSR count). The summed E-state index contributed by atoms with van der Waals surface area (Å²) < 4.78 is 5.69. The monoisotopic (exact) mass is 554 g/mol. The number of aryl methyl sites for hydroxylation is 3. The van der Waals surface area contributed by atoms with Crippen molar-refractivity contribution in [2.45, 2.75) is 98.1 Å². The van der Waals surface area contributed by atoms with E-state index in [0.717, 1.165) is 36.8 Å². The number of aliphatic hydroxyl groups excluding tert-OH is 1. The van der Waals surface area contributed by atoms with Crippen LogP contribution in [-0.4, -0.2) is 46.7 Å². The first-order valence-corrected chi connectivity index (χ1v) is 14.0. The Morgan fingerprint density at radius 2 is 1.55 bits per heavy atom. The Kier molecular flexibility index (Phi) is 11.3. The fourth-order valence-corrected chi connectivity index (χ4v) is 5.12. The summed E-state index contributed by atoms with van der Waals surface area (Å²) in [6.45, 7) is 14.2. The summed E-state index contributed by atoms with van der Waals surface area (Å²) >= 11 is 0. The van der Waals surface area contributed by atoms with E-state index in [1.54, 1.807) is 0 Å². The molecule has 2 aromatic carbocycles. The molecule has 8 nitrogen and oxygen atoms in total. The van der Waals surface area contributed by atoms with E-state index in [-0.39, 0.29) is 23.5 Å². The largest absolute Gasteiger partial charge is 0.484 e. The summed E-state index contributed by atoms with van der Waals surface area (Å²) in [5, 5.41) is 21.9. The molecule has 0 bridgehead atoms. The topological polar surface area (TPSA) is 139 Å². The number of carbonyl (C=O) groups is 3. The summed E-state index contributed by atoms with van der Waals surface area (Å²) in [4.78, 5) is 34.6. The molecule has 40 heavy (non-hydrogen) atoms. The number of nitrogens with one attached hydrogen (secondary N) is 1. The van der Waals surface area contributed by atoms with Gasteiger partial charge in [-0.15, -0.1) is 0 Å². The Hall–Kier alpha value is -3.39. The fraction of sp³-hybridized carbons (Fsp3) is 0.531. The van der Waals surface area contributed by atoms with Crippen molar-refractivity contribution < 1.29 is 29.3 Å². The second-order valence-electron chi connectivity index (χ2n) is 11.7. The highest BCUT2D eigenvalue weighted by Crippen LogP contribution is 2.41. The molecule has 0 spiro atoms. The SMILES string of the molecule is CCC(CC)(c1ccc(CCC(O)C(C)(C)C)c(C)c1)c1ccc(OCC(=O)N[C@@H](CC(N)=O)C(=O)O)c(C)c1. The minimum absolute atomic E-state index is 0.142. The van der Waals surface area contributed by atoms with Crippen LogP contribution >= 0.6 is 0 Å². The lowest BCUT2D eigenvalue weighted by Crippen LogP contribution is -2.45. The van der Waals surface area contributed by atoms with Gasteiger partial charge in [-0.2, -0.15) is 0 Å². The lowest BCUT2D eigenvalue weighted by Gasteiger charge is -2.34. The van der Waals surface area contributed by atoms with Crippen LogP contribution in [0.5, 0.6) is 5.75 Å². The third kappa shape index (κ3) is 8.31. The van der Waals surface area contributed by atoms with Crippen molar-refractivity contribution in [3.63, 3.8) is 0 Å². The van der Waals surface area contributed by atoms with Crippen molar-refractivity contribution in [2.75, 3.05) is 6.61 Å². The summed E-state index contributed by atoms with van der Waals surface area (Å²) in [6.07, 6.45) is 2.47. The molecule has 1 unspecified atom stereocenters. The molecule has 0 saturated heterocycles. The van der Waals surface area contributed by atoms with Gasteiger partial charge in [0, 0.05) is 5.41 Å². The first-order valence-electron chi connectivity index (χ1n) is 14.0. The molecule has 0 aliphatic carbocycles. The van der Waals surface area contributed by atoms with Crippen molar-refractivity contribution in [1.82, 2.24) is 5.32 Å². The molecule has 0 aliphatic heterocycles. The molecule has 0 saturated carbocycles. The highest BCUT2D eigenvalue weighted by atomic mass is 16.5. The van der Waals surface area contributed by atoms with Crippen LogP contribution in [0.3, 0.4) is 0 Å². The average Bonchev–Trinajstić information content (AvgIpc) is 2.87. The van der Waals surface area contributed by atoms with E-state index in [2.05, 4.69) is 71.1 Å². The van der Waals surface area contributed by atoms with Crippen molar-refractivity contribution in [1.29, 1.82) is 0 Å². The Morgan fingerprint density at radius 3 is 2.02 bits per heavy atom. The Balaban J connectivity index is 2.22. The molecule has 0 heterocycles. The van der Waals surface area contributed by atoms with Gasteiger partial charge in [0.25, 0.3) is 5.91 Å². The highest BCUT2D eigenvalue weighted by molar-refractivity contribution is 5.88. The number of hydrogen-bond donors (Lipinski definition) is 4. The van der Waals surface area contributed by atoms with Crippen LogP contribution in [0.4, 0.5) is 0 Å². The second-order valence-corrected chi connectivity index (χ2v) is 11.7. The van der Waals surface area contributed by atoms with Crippen LogP contribution in [0.25, 0.3) is 0 Å². The second kappa shape index (κ2) is 13.8. The first-order chi connectivity index (χ1) is 18.6. The summed E-state index contributed by atoms with van der Waals surface area (Å²) in [5.74, 6) is -2.29. The van der Waals surface area contributed by atoms with E-state index in [0.29, 0.717) is 5.75 Å². The number of aliphatic carboxylic acids is 1. The number of rotatable bonds is 14. The van der Waals surface area contributed by atoms with Crippen molar-refractivity contribution >= 4 is 17.8 Å². The maximum absolute atomic E-state index is 12.3. The van der Waals surface area contributed by atoms with Gasteiger partial charge in [-0.3, -0.25) is 9.59 Å². The van der Waals surface area contributed by atoms with E-state index in [4.69, 9.17) is 10.5 Å². The molecule has 0 radical (unpaired) electrons. The summed E-state index contributed by atoms with van der Waals surface area (Å²) in [6, 6.07) is 11.2. The van der Waals surface area contributed by atoms with Crippen LogP contribution < -0.4 is 15.8 Å². The van der Waals surface area contributed by atoms with Gasteiger partial charge in [0.1, 0.15) is 11.8 Å². The predicted molar refractivity (Wildman–Crippen MR) is 156 cm³/mol. The van der Waals surface area contributed by atoms with Crippen molar-refractivity contribution in [3.05, 3.63) is 64.2 Å². The number of primary amides is 1. The number of nitrogens with two attached hydrogens (primary N) is 1. The number of carbonyl (C=O) groups excluding carboxylic acids is 2. The minimum Gasteiger partial charge on any atom is -0.484 e. The quantitative estimate of drug-likeness (QED) is 0.270. The zero-order valence-electron chi connectivity index (χ0n) is 25.0. The zero-order chi connectivity index (χ0) is 30.3. The molecule has 2 atom stereocenters. The summed E-state index contributed by atoms with van der Waals surface area (Å²) in [7, 11) is 0. The average molecular weight is 555 g/mol.